The minimum atomic E-state index is -0.838. The standard InChI is InChI=1S/C15H19NO3/c1-3-15(18,4-2)10-16-14(17)12-9-19-13-8-6-5-7-11(12)13/h5-9,18H,3-4,10H2,1-2H3,(H,16,17). The summed E-state index contributed by atoms with van der Waals surface area (Å²) < 4.78 is 5.33. The van der Waals surface area contributed by atoms with E-state index in [1.807, 2.05) is 38.1 Å². The van der Waals surface area contributed by atoms with Gasteiger partial charge in [-0.3, -0.25) is 4.79 Å². The number of hydrogen-bond acceptors (Lipinski definition) is 3. The second-order valence-corrected chi connectivity index (χ2v) is 4.76. The van der Waals surface area contributed by atoms with Crippen molar-refractivity contribution >= 4 is 16.9 Å². The second-order valence-electron chi connectivity index (χ2n) is 4.76. The predicted octanol–water partition coefficient (Wildman–Crippen LogP) is 2.71. The van der Waals surface area contributed by atoms with Crippen molar-refractivity contribution < 1.29 is 14.3 Å². The summed E-state index contributed by atoms with van der Waals surface area (Å²) in [6.45, 7) is 4.06. The summed E-state index contributed by atoms with van der Waals surface area (Å²) >= 11 is 0. The normalized spacial score (nSPS) is 11.7. The van der Waals surface area contributed by atoms with Crippen molar-refractivity contribution in [1.29, 1.82) is 0 Å². The van der Waals surface area contributed by atoms with Crippen LogP contribution in [-0.2, 0) is 0 Å². The van der Waals surface area contributed by atoms with E-state index in [0.29, 0.717) is 24.0 Å². The maximum atomic E-state index is 12.1. The zero-order valence-electron chi connectivity index (χ0n) is 11.3. The van der Waals surface area contributed by atoms with E-state index < -0.39 is 5.60 Å². The van der Waals surface area contributed by atoms with Crippen LogP contribution in [0.3, 0.4) is 0 Å². The van der Waals surface area contributed by atoms with Crippen LogP contribution < -0.4 is 5.32 Å². The van der Waals surface area contributed by atoms with Gasteiger partial charge in [-0.15, -0.1) is 0 Å². The zero-order valence-corrected chi connectivity index (χ0v) is 11.3. The Balaban J connectivity index is 2.12. The minimum absolute atomic E-state index is 0.217. The van der Waals surface area contributed by atoms with Gasteiger partial charge in [0.15, 0.2) is 0 Å². The third-order valence-corrected chi connectivity index (χ3v) is 3.62. The molecule has 19 heavy (non-hydrogen) atoms. The van der Waals surface area contributed by atoms with E-state index in [1.165, 1.54) is 6.26 Å². The third-order valence-electron chi connectivity index (χ3n) is 3.62. The molecule has 0 unspecified atom stereocenters. The first kappa shape index (κ1) is 13.6. The molecule has 2 aromatic rings. The Bertz CT molecular complexity index is 570. The Morgan fingerprint density at radius 1 is 1.32 bits per heavy atom. The lowest BCUT2D eigenvalue weighted by Gasteiger charge is -2.25. The summed E-state index contributed by atoms with van der Waals surface area (Å²) in [4.78, 5) is 12.1. The monoisotopic (exact) mass is 261 g/mol. The molecule has 0 aliphatic carbocycles. The van der Waals surface area contributed by atoms with Crippen LogP contribution in [-0.4, -0.2) is 23.2 Å². The highest BCUT2D eigenvalue weighted by Gasteiger charge is 2.23. The molecule has 4 heteroatoms. The van der Waals surface area contributed by atoms with Crippen molar-refractivity contribution in [2.24, 2.45) is 0 Å². The summed E-state index contributed by atoms with van der Waals surface area (Å²) in [5.41, 5.74) is 0.355. The van der Waals surface area contributed by atoms with Gasteiger partial charge in [0.2, 0.25) is 0 Å². The molecule has 0 saturated carbocycles. The first-order chi connectivity index (χ1) is 9.09. The van der Waals surface area contributed by atoms with Crippen LogP contribution in [0.5, 0.6) is 0 Å². The number of amides is 1. The fourth-order valence-corrected chi connectivity index (χ4v) is 1.99. The molecule has 0 radical (unpaired) electrons. The van der Waals surface area contributed by atoms with Gasteiger partial charge in [0.25, 0.3) is 5.91 Å². The number of aliphatic hydroxyl groups is 1. The van der Waals surface area contributed by atoms with E-state index in [-0.39, 0.29) is 12.5 Å². The molecule has 2 rings (SSSR count). The van der Waals surface area contributed by atoms with Crippen molar-refractivity contribution in [2.45, 2.75) is 32.3 Å². The van der Waals surface area contributed by atoms with Crippen LogP contribution in [0.25, 0.3) is 11.0 Å². The topological polar surface area (TPSA) is 62.5 Å². The van der Waals surface area contributed by atoms with Crippen molar-refractivity contribution in [1.82, 2.24) is 5.32 Å². The molecule has 0 fully saturated rings. The number of benzene rings is 1. The smallest absolute Gasteiger partial charge is 0.255 e. The highest BCUT2D eigenvalue weighted by molar-refractivity contribution is 6.05. The van der Waals surface area contributed by atoms with E-state index in [0.717, 1.165) is 5.39 Å². The van der Waals surface area contributed by atoms with Gasteiger partial charge < -0.3 is 14.8 Å². The molecule has 1 heterocycles. The summed E-state index contributed by atoms with van der Waals surface area (Å²) in [6, 6.07) is 7.39. The summed E-state index contributed by atoms with van der Waals surface area (Å²) in [7, 11) is 0. The van der Waals surface area contributed by atoms with Gasteiger partial charge in [-0.25, -0.2) is 0 Å². The Morgan fingerprint density at radius 3 is 2.68 bits per heavy atom. The summed E-state index contributed by atoms with van der Waals surface area (Å²) in [5.74, 6) is -0.217. The largest absolute Gasteiger partial charge is 0.463 e. The Labute approximate surface area is 112 Å². The molecule has 0 bridgehead atoms. The van der Waals surface area contributed by atoms with E-state index in [2.05, 4.69) is 5.32 Å². The summed E-state index contributed by atoms with van der Waals surface area (Å²) in [5, 5.41) is 13.7. The summed E-state index contributed by atoms with van der Waals surface area (Å²) in [6.07, 6.45) is 2.67. The van der Waals surface area contributed by atoms with E-state index >= 15 is 0 Å². The van der Waals surface area contributed by atoms with Crippen molar-refractivity contribution in [2.75, 3.05) is 6.54 Å². The second kappa shape index (κ2) is 5.45. The van der Waals surface area contributed by atoms with Crippen molar-refractivity contribution in [3.8, 4) is 0 Å². The molecule has 1 aromatic carbocycles. The van der Waals surface area contributed by atoms with E-state index in [9.17, 15) is 9.90 Å². The van der Waals surface area contributed by atoms with Gasteiger partial charge in [-0.1, -0.05) is 32.0 Å². The van der Waals surface area contributed by atoms with Crippen LogP contribution in [0.1, 0.15) is 37.0 Å². The molecule has 1 amide bonds. The Kier molecular flexibility index (Phi) is 3.90. The van der Waals surface area contributed by atoms with Crippen molar-refractivity contribution in [3.63, 3.8) is 0 Å². The molecule has 0 aliphatic rings. The fourth-order valence-electron chi connectivity index (χ4n) is 1.99. The molecule has 4 nitrogen and oxygen atoms in total. The fraction of sp³-hybridized carbons (Fsp3) is 0.400. The quantitative estimate of drug-likeness (QED) is 0.869. The lowest BCUT2D eigenvalue weighted by Crippen LogP contribution is -2.41. The lowest BCUT2D eigenvalue weighted by molar-refractivity contribution is 0.0314. The number of rotatable bonds is 5. The van der Waals surface area contributed by atoms with E-state index in [4.69, 9.17) is 4.42 Å². The number of nitrogens with one attached hydrogen (secondary N) is 1. The lowest BCUT2D eigenvalue weighted by atomic mass is 9.97. The number of furan rings is 1. The average Bonchev–Trinajstić information content (AvgIpc) is 2.88. The number of carbonyl (C=O) groups excluding carboxylic acids is 1. The van der Waals surface area contributed by atoms with Gasteiger partial charge in [0.1, 0.15) is 11.8 Å². The van der Waals surface area contributed by atoms with Gasteiger partial charge in [-0.05, 0) is 18.9 Å². The molecule has 1 aromatic heterocycles. The third kappa shape index (κ3) is 2.79. The van der Waals surface area contributed by atoms with Crippen LogP contribution in [0, 0.1) is 0 Å². The van der Waals surface area contributed by atoms with E-state index in [1.54, 1.807) is 0 Å². The first-order valence-electron chi connectivity index (χ1n) is 6.56. The van der Waals surface area contributed by atoms with Gasteiger partial charge in [0, 0.05) is 11.9 Å². The maximum Gasteiger partial charge on any atom is 0.255 e. The SMILES string of the molecule is CCC(O)(CC)CNC(=O)c1coc2ccccc12. The number of fused-ring (bicyclic) bond motifs is 1. The first-order valence-corrected chi connectivity index (χ1v) is 6.56. The Morgan fingerprint density at radius 2 is 2.00 bits per heavy atom. The van der Waals surface area contributed by atoms with Crippen LogP contribution in [0.15, 0.2) is 34.9 Å². The van der Waals surface area contributed by atoms with Gasteiger partial charge >= 0.3 is 0 Å². The van der Waals surface area contributed by atoms with Crippen LogP contribution >= 0.6 is 0 Å². The number of carbonyl (C=O) groups is 1. The molecular formula is C15H19NO3. The average molecular weight is 261 g/mol. The van der Waals surface area contributed by atoms with Gasteiger partial charge in [-0.2, -0.15) is 0 Å². The van der Waals surface area contributed by atoms with Crippen LogP contribution in [0.2, 0.25) is 0 Å². The highest BCUT2D eigenvalue weighted by atomic mass is 16.3. The molecule has 0 spiro atoms. The van der Waals surface area contributed by atoms with Crippen LogP contribution in [0.4, 0.5) is 0 Å². The molecular weight excluding hydrogens is 242 g/mol. The minimum Gasteiger partial charge on any atom is -0.463 e. The van der Waals surface area contributed by atoms with Crippen molar-refractivity contribution in [3.05, 3.63) is 36.1 Å². The molecule has 0 atom stereocenters. The highest BCUT2D eigenvalue weighted by Crippen LogP contribution is 2.21. The zero-order chi connectivity index (χ0) is 13.9. The number of hydrogen-bond donors (Lipinski definition) is 2. The predicted molar refractivity (Wildman–Crippen MR) is 74.1 cm³/mol. The maximum absolute atomic E-state index is 12.1. The molecule has 2 N–H and O–H groups in total. The Hall–Kier alpha value is -1.81. The molecule has 0 aliphatic heterocycles. The molecule has 0 saturated heterocycles. The van der Waals surface area contributed by atoms with Gasteiger partial charge in [0.05, 0.1) is 11.2 Å². The number of para-hydroxylation sites is 1. The molecule has 102 valence electrons.